The number of hydrogen-bond donors (Lipinski definition) is 1. The molecule has 1 fully saturated rings. The van der Waals surface area contributed by atoms with E-state index in [-0.39, 0.29) is 5.91 Å². The Morgan fingerprint density at radius 1 is 1.17 bits per heavy atom. The Morgan fingerprint density at radius 2 is 1.97 bits per heavy atom. The number of carbonyl (C=O) groups excluding carboxylic acids is 1. The number of nitrogens with zero attached hydrogens (tertiary/aromatic N) is 3. The van der Waals surface area contributed by atoms with Gasteiger partial charge in [-0.15, -0.1) is 0 Å². The van der Waals surface area contributed by atoms with Gasteiger partial charge in [0.15, 0.2) is 0 Å². The molecule has 2 aromatic carbocycles. The summed E-state index contributed by atoms with van der Waals surface area (Å²) in [5, 5.41) is 9.63. The Morgan fingerprint density at radius 3 is 2.72 bits per heavy atom. The van der Waals surface area contributed by atoms with Gasteiger partial charge in [-0.1, -0.05) is 24.3 Å². The molecule has 0 bridgehead atoms. The SMILES string of the molecule is COc1nc2ccccc2nc1CCC(=O)N1CCC(Cc2cccc(O)c2)C1. The third-order valence-electron chi connectivity index (χ3n) is 5.45. The Hall–Kier alpha value is -3.15. The number of para-hydroxylation sites is 2. The number of likely N-dealkylation sites (tertiary alicyclic amines) is 1. The molecule has 0 saturated carbocycles. The van der Waals surface area contributed by atoms with Crippen LogP contribution in [0.3, 0.4) is 0 Å². The lowest BCUT2D eigenvalue weighted by molar-refractivity contribution is -0.130. The Bertz CT molecular complexity index is 1020. The lowest BCUT2D eigenvalue weighted by Gasteiger charge is -2.17. The highest BCUT2D eigenvalue weighted by molar-refractivity contribution is 5.77. The van der Waals surface area contributed by atoms with Crippen LogP contribution in [0.15, 0.2) is 48.5 Å². The predicted molar refractivity (Wildman–Crippen MR) is 111 cm³/mol. The van der Waals surface area contributed by atoms with E-state index in [1.54, 1.807) is 19.2 Å². The van der Waals surface area contributed by atoms with Crippen LogP contribution in [0.4, 0.5) is 0 Å². The van der Waals surface area contributed by atoms with Gasteiger partial charge in [0.2, 0.25) is 11.8 Å². The van der Waals surface area contributed by atoms with Crippen molar-refractivity contribution in [1.82, 2.24) is 14.9 Å². The maximum atomic E-state index is 12.7. The fraction of sp³-hybridized carbons (Fsp3) is 0.348. The van der Waals surface area contributed by atoms with Crippen LogP contribution in [-0.4, -0.2) is 46.1 Å². The van der Waals surface area contributed by atoms with E-state index >= 15 is 0 Å². The fourth-order valence-electron chi connectivity index (χ4n) is 3.97. The first kappa shape index (κ1) is 19.2. The number of hydrogen-bond acceptors (Lipinski definition) is 5. The van der Waals surface area contributed by atoms with Crippen molar-refractivity contribution in [2.45, 2.75) is 25.7 Å². The molecular formula is C23H25N3O3. The van der Waals surface area contributed by atoms with Gasteiger partial charge in [0.25, 0.3) is 0 Å². The van der Waals surface area contributed by atoms with E-state index in [1.165, 1.54) is 0 Å². The summed E-state index contributed by atoms with van der Waals surface area (Å²) in [7, 11) is 1.58. The van der Waals surface area contributed by atoms with Crippen molar-refractivity contribution in [2.75, 3.05) is 20.2 Å². The van der Waals surface area contributed by atoms with E-state index in [0.29, 0.717) is 30.4 Å². The molecule has 2 heterocycles. The number of fused-ring (bicyclic) bond motifs is 1. The molecule has 1 aliphatic heterocycles. The zero-order valence-electron chi connectivity index (χ0n) is 16.5. The zero-order valence-corrected chi connectivity index (χ0v) is 16.5. The fourth-order valence-corrected chi connectivity index (χ4v) is 3.97. The van der Waals surface area contributed by atoms with Gasteiger partial charge in [-0.2, -0.15) is 0 Å². The smallest absolute Gasteiger partial charge is 0.235 e. The van der Waals surface area contributed by atoms with Crippen LogP contribution >= 0.6 is 0 Å². The standard InChI is InChI=1S/C23H25N3O3/c1-29-23-21(24-19-7-2-3-8-20(19)25-23)9-10-22(28)26-12-11-17(15-26)13-16-5-4-6-18(27)14-16/h2-8,14,17,27H,9-13,15H2,1H3. The number of benzene rings is 2. The largest absolute Gasteiger partial charge is 0.508 e. The highest BCUT2D eigenvalue weighted by atomic mass is 16.5. The number of aromatic nitrogens is 2. The topological polar surface area (TPSA) is 75.6 Å². The molecule has 3 aromatic rings. The summed E-state index contributed by atoms with van der Waals surface area (Å²) in [5.74, 6) is 1.34. The number of phenols is 1. The van der Waals surface area contributed by atoms with Gasteiger partial charge >= 0.3 is 0 Å². The molecular weight excluding hydrogens is 366 g/mol. The van der Waals surface area contributed by atoms with Crippen LogP contribution in [0.5, 0.6) is 11.6 Å². The third-order valence-corrected chi connectivity index (χ3v) is 5.45. The molecule has 1 unspecified atom stereocenters. The molecule has 1 saturated heterocycles. The number of methoxy groups -OCH3 is 1. The van der Waals surface area contributed by atoms with Gasteiger partial charge < -0.3 is 14.7 Å². The molecule has 1 aliphatic rings. The number of phenolic OH excluding ortho intramolecular Hbond substituents is 1. The number of ether oxygens (including phenoxy) is 1. The lowest BCUT2D eigenvalue weighted by atomic mass is 9.98. The first-order chi connectivity index (χ1) is 14.1. The molecule has 1 atom stereocenters. The number of carbonyl (C=O) groups is 1. The van der Waals surface area contributed by atoms with Crippen LogP contribution in [0.25, 0.3) is 11.0 Å². The van der Waals surface area contributed by atoms with Crippen molar-refractivity contribution < 1.29 is 14.6 Å². The van der Waals surface area contributed by atoms with Crippen molar-refractivity contribution in [2.24, 2.45) is 5.92 Å². The average molecular weight is 391 g/mol. The van der Waals surface area contributed by atoms with Crippen molar-refractivity contribution in [3.63, 3.8) is 0 Å². The van der Waals surface area contributed by atoms with E-state index in [2.05, 4.69) is 9.97 Å². The molecule has 150 valence electrons. The quantitative estimate of drug-likeness (QED) is 0.697. The van der Waals surface area contributed by atoms with Crippen molar-refractivity contribution in [3.8, 4) is 11.6 Å². The third kappa shape index (κ3) is 4.47. The Balaban J connectivity index is 1.36. The molecule has 0 spiro atoms. The highest BCUT2D eigenvalue weighted by Crippen LogP contribution is 2.24. The molecule has 1 aromatic heterocycles. The summed E-state index contributed by atoms with van der Waals surface area (Å²) < 4.78 is 5.39. The van der Waals surface area contributed by atoms with Crippen LogP contribution in [-0.2, 0) is 17.6 Å². The van der Waals surface area contributed by atoms with Crippen LogP contribution in [0.2, 0.25) is 0 Å². The molecule has 6 nitrogen and oxygen atoms in total. The van der Waals surface area contributed by atoms with Gasteiger partial charge in [-0.3, -0.25) is 4.79 Å². The van der Waals surface area contributed by atoms with E-state index < -0.39 is 0 Å². The molecule has 1 amide bonds. The van der Waals surface area contributed by atoms with Crippen LogP contribution in [0.1, 0.15) is 24.1 Å². The summed E-state index contributed by atoms with van der Waals surface area (Å²) in [5.41, 5.74) is 3.42. The first-order valence-corrected chi connectivity index (χ1v) is 9.97. The Kier molecular flexibility index (Phi) is 5.60. The minimum Gasteiger partial charge on any atom is -0.508 e. The van der Waals surface area contributed by atoms with Crippen LogP contribution < -0.4 is 4.74 Å². The monoisotopic (exact) mass is 391 g/mol. The summed E-state index contributed by atoms with van der Waals surface area (Å²) in [6.07, 6.45) is 2.76. The summed E-state index contributed by atoms with van der Waals surface area (Å²) in [4.78, 5) is 23.8. The number of rotatable bonds is 6. The van der Waals surface area contributed by atoms with Crippen molar-refractivity contribution >= 4 is 16.9 Å². The second-order valence-electron chi connectivity index (χ2n) is 7.54. The number of amides is 1. The van der Waals surface area contributed by atoms with Gasteiger partial charge in [0.05, 0.1) is 18.1 Å². The molecule has 29 heavy (non-hydrogen) atoms. The van der Waals surface area contributed by atoms with Crippen molar-refractivity contribution in [3.05, 3.63) is 59.8 Å². The summed E-state index contributed by atoms with van der Waals surface area (Å²) in [6, 6.07) is 15.0. The van der Waals surface area contributed by atoms with Gasteiger partial charge in [-0.05, 0) is 48.6 Å². The molecule has 0 aliphatic carbocycles. The normalized spacial score (nSPS) is 16.3. The Labute approximate surface area is 170 Å². The minimum atomic E-state index is 0.139. The van der Waals surface area contributed by atoms with E-state index in [4.69, 9.17) is 4.74 Å². The number of aryl methyl sites for hydroxylation is 1. The summed E-state index contributed by atoms with van der Waals surface area (Å²) >= 11 is 0. The van der Waals surface area contributed by atoms with Crippen molar-refractivity contribution in [1.29, 1.82) is 0 Å². The maximum absolute atomic E-state index is 12.7. The predicted octanol–water partition coefficient (Wildman–Crippen LogP) is 3.37. The minimum absolute atomic E-state index is 0.139. The second kappa shape index (κ2) is 8.47. The number of aromatic hydroxyl groups is 1. The highest BCUT2D eigenvalue weighted by Gasteiger charge is 2.26. The van der Waals surface area contributed by atoms with Crippen LogP contribution in [0, 0.1) is 5.92 Å². The zero-order chi connectivity index (χ0) is 20.2. The van der Waals surface area contributed by atoms with Gasteiger partial charge in [-0.25, -0.2) is 9.97 Å². The molecule has 1 N–H and O–H groups in total. The maximum Gasteiger partial charge on any atom is 0.235 e. The lowest BCUT2D eigenvalue weighted by Crippen LogP contribution is -2.29. The van der Waals surface area contributed by atoms with Gasteiger partial charge in [0, 0.05) is 25.9 Å². The second-order valence-corrected chi connectivity index (χ2v) is 7.54. The molecule has 6 heteroatoms. The molecule has 4 rings (SSSR count). The first-order valence-electron chi connectivity index (χ1n) is 9.97. The van der Waals surface area contributed by atoms with E-state index in [0.717, 1.165) is 48.2 Å². The van der Waals surface area contributed by atoms with E-state index in [9.17, 15) is 9.90 Å². The van der Waals surface area contributed by atoms with E-state index in [1.807, 2.05) is 41.3 Å². The average Bonchev–Trinajstić information content (AvgIpc) is 3.19. The molecule has 0 radical (unpaired) electrons. The van der Waals surface area contributed by atoms with Gasteiger partial charge in [0.1, 0.15) is 11.4 Å². The summed E-state index contributed by atoms with van der Waals surface area (Å²) in [6.45, 7) is 1.54.